The Morgan fingerprint density at radius 2 is 1.84 bits per heavy atom. The Hall–Kier alpha value is -3.03. The molecule has 0 aliphatic carbocycles. The molecule has 7 nitrogen and oxygen atoms in total. The molecule has 0 aliphatic heterocycles. The normalized spacial score (nSPS) is 10.8. The standard InChI is InChI=1S/C23H26ClN3O4/c1-25-11-3-5-20(25)15-27(16-21-6-4-13-31-21)22(28)17-26(12-14-30-2)23(29)18-7-9-19(24)10-8-18/h3-11,13H,12,14-17H2,1-2H3. The van der Waals surface area contributed by atoms with Crippen LogP contribution in [0.4, 0.5) is 0 Å². The van der Waals surface area contributed by atoms with Crippen LogP contribution in [0, 0.1) is 0 Å². The zero-order valence-corrected chi connectivity index (χ0v) is 18.4. The fraction of sp³-hybridized carbons (Fsp3) is 0.304. The van der Waals surface area contributed by atoms with Gasteiger partial charge in [-0.15, -0.1) is 0 Å². The predicted octanol–water partition coefficient (Wildman–Crippen LogP) is 3.59. The lowest BCUT2D eigenvalue weighted by molar-refractivity contribution is -0.133. The third-order valence-corrected chi connectivity index (χ3v) is 5.21. The third-order valence-electron chi connectivity index (χ3n) is 4.95. The van der Waals surface area contributed by atoms with Crippen molar-refractivity contribution in [3.8, 4) is 0 Å². The molecule has 2 heterocycles. The largest absolute Gasteiger partial charge is 0.467 e. The molecule has 8 heteroatoms. The molecule has 1 aromatic carbocycles. The summed E-state index contributed by atoms with van der Waals surface area (Å²) in [5.41, 5.74) is 1.45. The van der Waals surface area contributed by atoms with E-state index in [0.29, 0.717) is 42.6 Å². The van der Waals surface area contributed by atoms with Gasteiger partial charge < -0.3 is 23.5 Å². The predicted molar refractivity (Wildman–Crippen MR) is 118 cm³/mol. The van der Waals surface area contributed by atoms with E-state index in [1.165, 1.54) is 4.90 Å². The van der Waals surface area contributed by atoms with E-state index in [-0.39, 0.29) is 18.4 Å². The molecule has 3 aromatic rings. The summed E-state index contributed by atoms with van der Waals surface area (Å²) in [7, 11) is 3.49. The molecule has 0 spiro atoms. The van der Waals surface area contributed by atoms with Gasteiger partial charge in [-0.1, -0.05) is 11.6 Å². The number of hydrogen-bond acceptors (Lipinski definition) is 4. The molecule has 0 atom stereocenters. The Kier molecular flexibility index (Phi) is 7.92. The van der Waals surface area contributed by atoms with E-state index < -0.39 is 0 Å². The van der Waals surface area contributed by atoms with Crippen LogP contribution in [-0.2, 0) is 29.7 Å². The van der Waals surface area contributed by atoms with Crippen molar-refractivity contribution < 1.29 is 18.7 Å². The molecule has 0 saturated carbocycles. The quantitative estimate of drug-likeness (QED) is 0.480. The van der Waals surface area contributed by atoms with Crippen LogP contribution in [0.3, 0.4) is 0 Å². The smallest absolute Gasteiger partial charge is 0.254 e. The first-order valence-electron chi connectivity index (χ1n) is 9.92. The molecule has 0 fully saturated rings. The molecular weight excluding hydrogens is 418 g/mol. The van der Waals surface area contributed by atoms with Crippen molar-refractivity contribution in [3.63, 3.8) is 0 Å². The molecule has 0 saturated heterocycles. The number of aryl methyl sites for hydroxylation is 1. The fourth-order valence-electron chi connectivity index (χ4n) is 3.17. The number of halogens is 1. The minimum Gasteiger partial charge on any atom is -0.467 e. The summed E-state index contributed by atoms with van der Waals surface area (Å²) in [4.78, 5) is 29.5. The maximum absolute atomic E-state index is 13.3. The second kappa shape index (κ2) is 10.8. The Labute approximate surface area is 186 Å². The molecule has 0 unspecified atom stereocenters. The highest BCUT2D eigenvalue weighted by Gasteiger charge is 2.23. The van der Waals surface area contributed by atoms with Gasteiger partial charge in [-0.2, -0.15) is 0 Å². The van der Waals surface area contributed by atoms with Crippen molar-refractivity contribution in [2.24, 2.45) is 7.05 Å². The number of aromatic nitrogens is 1. The average Bonchev–Trinajstić information content (AvgIpc) is 3.42. The highest BCUT2D eigenvalue weighted by Crippen LogP contribution is 2.14. The third kappa shape index (κ3) is 6.23. The van der Waals surface area contributed by atoms with E-state index in [1.54, 1.807) is 48.6 Å². The van der Waals surface area contributed by atoms with Crippen molar-refractivity contribution in [2.75, 3.05) is 26.8 Å². The Balaban J connectivity index is 1.78. The van der Waals surface area contributed by atoms with Gasteiger partial charge in [0.1, 0.15) is 12.3 Å². The second-order valence-corrected chi connectivity index (χ2v) is 7.60. The minimum absolute atomic E-state index is 0.0735. The summed E-state index contributed by atoms with van der Waals surface area (Å²) in [5.74, 6) is 0.241. The summed E-state index contributed by atoms with van der Waals surface area (Å²) in [6, 6.07) is 14.1. The van der Waals surface area contributed by atoms with Gasteiger partial charge in [-0.25, -0.2) is 0 Å². The summed E-state index contributed by atoms with van der Waals surface area (Å²) in [5, 5.41) is 0.545. The summed E-state index contributed by atoms with van der Waals surface area (Å²) < 4.78 is 12.6. The van der Waals surface area contributed by atoms with Crippen molar-refractivity contribution in [1.82, 2.24) is 14.4 Å². The van der Waals surface area contributed by atoms with Crippen molar-refractivity contribution >= 4 is 23.4 Å². The van der Waals surface area contributed by atoms with Gasteiger partial charge in [0.2, 0.25) is 5.91 Å². The molecule has 164 valence electrons. The van der Waals surface area contributed by atoms with E-state index in [2.05, 4.69) is 0 Å². The minimum atomic E-state index is -0.251. The number of carbonyl (C=O) groups excluding carboxylic acids is 2. The number of nitrogens with zero attached hydrogens (tertiary/aromatic N) is 3. The van der Waals surface area contributed by atoms with Gasteiger partial charge in [-0.3, -0.25) is 9.59 Å². The van der Waals surface area contributed by atoms with Crippen molar-refractivity contribution in [2.45, 2.75) is 13.1 Å². The van der Waals surface area contributed by atoms with Crippen LogP contribution in [-0.4, -0.2) is 53.0 Å². The van der Waals surface area contributed by atoms with E-state index in [1.807, 2.05) is 36.0 Å². The molecular formula is C23H26ClN3O4. The molecule has 2 aromatic heterocycles. The first-order valence-corrected chi connectivity index (χ1v) is 10.3. The molecule has 0 bridgehead atoms. The maximum atomic E-state index is 13.3. The summed E-state index contributed by atoms with van der Waals surface area (Å²) in [6.45, 7) is 1.25. The first kappa shape index (κ1) is 22.7. The van der Waals surface area contributed by atoms with Gasteiger partial charge in [-0.05, 0) is 48.5 Å². The first-order chi connectivity index (χ1) is 15.0. The molecule has 0 radical (unpaired) electrons. The van der Waals surface area contributed by atoms with Crippen molar-refractivity contribution in [3.05, 3.63) is 83.0 Å². The Morgan fingerprint density at radius 1 is 1.06 bits per heavy atom. The van der Waals surface area contributed by atoms with Crippen molar-refractivity contribution in [1.29, 1.82) is 0 Å². The van der Waals surface area contributed by atoms with Crippen LogP contribution in [0.1, 0.15) is 21.8 Å². The highest BCUT2D eigenvalue weighted by molar-refractivity contribution is 6.30. The number of carbonyl (C=O) groups is 2. The number of amides is 2. The van der Waals surface area contributed by atoms with Gasteiger partial charge in [0.25, 0.3) is 5.91 Å². The lowest BCUT2D eigenvalue weighted by atomic mass is 10.2. The van der Waals surface area contributed by atoms with Crippen LogP contribution in [0.5, 0.6) is 0 Å². The zero-order chi connectivity index (χ0) is 22.2. The Morgan fingerprint density at radius 3 is 2.45 bits per heavy atom. The van der Waals surface area contributed by atoms with E-state index >= 15 is 0 Å². The molecule has 0 aliphatic rings. The molecule has 2 amide bonds. The van der Waals surface area contributed by atoms with Crippen LogP contribution in [0.15, 0.2) is 65.4 Å². The number of benzene rings is 1. The summed E-state index contributed by atoms with van der Waals surface area (Å²) >= 11 is 5.94. The monoisotopic (exact) mass is 443 g/mol. The van der Waals surface area contributed by atoms with Gasteiger partial charge in [0.15, 0.2) is 0 Å². The molecule has 31 heavy (non-hydrogen) atoms. The number of furan rings is 1. The average molecular weight is 444 g/mol. The number of hydrogen-bond donors (Lipinski definition) is 0. The van der Waals surface area contributed by atoms with Crippen LogP contribution in [0.2, 0.25) is 5.02 Å². The van der Waals surface area contributed by atoms with Crippen LogP contribution < -0.4 is 0 Å². The van der Waals surface area contributed by atoms with Gasteiger partial charge >= 0.3 is 0 Å². The van der Waals surface area contributed by atoms with E-state index in [0.717, 1.165) is 5.69 Å². The molecule has 0 N–H and O–H groups in total. The van der Waals surface area contributed by atoms with Gasteiger partial charge in [0.05, 0.1) is 26.0 Å². The van der Waals surface area contributed by atoms with Crippen LogP contribution in [0.25, 0.3) is 0 Å². The van der Waals surface area contributed by atoms with E-state index in [4.69, 9.17) is 20.8 Å². The Bertz CT molecular complexity index is 983. The second-order valence-electron chi connectivity index (χ2n) is 7.17. The van der Waals surface area contributed by atoms with Gasteiger partial charge in [0, 0.05) is 43.2 Å². The zero-order valence-electron chi connectivity index (χ0n) is 17.7. The fourth-order valence-corrected chi connectivity index (χ4v) is 3.30. The lowest BCUT2D eigenvalue weighted by Crippen LogP contribution is -2.43. The highest BCUT2D eigenvalue weighted by atomic mass is 35.5. The molecule has 3 rings (SSSR count). The summed E-state index contributed by atoms with van der Waals surface area (Å²) in [6.07, 6.45) is 3.51. The van der Waals surface area contributed by atoms with Crippen LogP contribution >= 0.6 is 11.6 Å². The number of rotatable bonds is 10. The maximum Gasteiger partial charge on any atom is 0.254 e. The van der Waals surface area contributed by atoms with E-state index in [9.17, 15) is 9.59 Å². The number of methoxy groups -OCH3 is 1. The SMILES string of the molecule is COCCN(CC(=O)N(Cc1ccco1)Cc1cccn1C)C(=O)c1ccc(Cl)cc1. The lowest BCUT2D eigenvalue weighted by Gasteiger charge is -2.27. The number of ether oxygens (including phenoxy) is 1. The topological polar surface area (TPSA) is 67.9 Å².